The van der Waals surface area contributed by atoms with Crippen molar-refractivity contribution in [1.29, 1.82) is 0 Å². The van der Waals surface area contributed by atoms with Crippen LogP contribution in [0.15, 0.2) is 29.2 Å². The Hall–Kier alpha value is -0.910. The molecule has 0 atom stereocenters. The fraction of sp³-hybridized carbons (Fsp3) is 0.571. The maximum atomic E-state index is 12.3. The van der Waals surface area contributed by atoms with Crippen molar-refractivity contribution in [2.75, 3.05) is 13.1 Å². The maximum absolute atomic E-state index is 12.3. The Balaban J connectivity index is 2.86. The molecule has 0 unspecified atom stereocenters. The van der Waals surface area contributed by atoms with Gasteiger partial charge in [-0.2, -0.15) is 0 Å². The molecule has 5 heteroatoms. The minimum atomic E-state index is -3.41. The first-order chi connectivity index (χ1) is 8.97. The van der Waals surface area contributed by atoms with E-state index in [0.29, 0.717) is 23.9 Å². The second-order valence-electron chi connectivity index (χ2n) is 5.03. The lowest BCUT2D eigenvalue weighted by Gasteiger charge is -2.13. The monoisotopic (exact) mass is 284 g/mol. The molecule has 19 heavy (non-hydrogen) atoms. The molecule has 1 aromatic carbocycles. The lowest BCUT2D eigenvalue weighted by Crippen LogP contribution is -2.29. The number of hydrogen-bond acceptors (Lipinski definition) is 3. The second kappa shape index (κ2) is 7.62. The van der Waals surface area contributed by atoms with E-state index in [2.05, 4.69) is 17.0 Å². The van der Waals surface area contributed by atoms with Gasteiger partial charge in [-0.3, -0.25) is 0 Å². The minimum Gasteiger partial charge on any atom is -0.313 e. The van der Waals surface area contributed by atoms with Crippen LogP contribution in [0, 0.1) is 5.92 Å². The first kappa shape index (κ1) is 16.1. The first-order valence-electron chi connectivity index (χ1n) is 6.75. The summed E-state index contributed by atoms with van der Waals surface area (Å²) in [4.78, 5) is 0.374. The summed E-state index contributed by atoms with van der Waals surface area (Å²) in [6.45, 7) is 7.97. The molecule has 0 saturated heterocycles. The van der Waals surface area contributed by atoms with Gasteiger partial charge in [0.1, 0.15) is 0 Å². The largest absolute Gasteiger partial charge is 0.313 e. The van der Waals surface area contributed by atoms with E-state index in [1.165, 1.54) is 0 Å². The summed E-state index contributed by atoms with van der Waals surface area (Å²) >= 11 is 0. The summed E-state index contributed by atoms with van der Waals surface area (Å²) in [6.07, 6.45) is 1.03. The molecule has 1 aromatic rings. The van der Waals surface area contributed by atoms with Crippen LogP contribution in [0.25, 0.3) is 0 Å². The third kappa shape index (κ3) is 5.30. The highest BCUT2D eigenvalue weighted by atomic mass is 32.2. The van der Waals surface area contributed by atoms with E-state index in [9.17, 15) is 8.42 Å². The van der Waals surface area contributed by atoms with E-state index >= 15 is 0 Å². The molecular formula is C14H24N2O2S. The van der Waals surface area contributed by atoms with Crippen LogP contribution in [0.2, 0.25) is 0 Å². The molecular weight excluding hydrogens is 260 g/mol. The van der Waals surface area contributed by atoms with Crippen LogP contribution >= 0.6 is 0 Å². The first-order valence-corrected chi connectivity index (χ1v) is 8.24. The molecule has 0 aromatic heterocycles. The average Bonchev–Trinajstić information content (AvgIpc) is 2.37. The van der Waals surface area contributed by atoms with E-state index in [4.69, 9.17) is 0 Å². The van der Waals surface area contributed by atoms with Crippen LogP contribution in [0.1, 0.15) is 32.8 Å². The Morgan fingerprint density at radius 1 is 1.21 bits per heavy atom. The smallest absolute Gasteiger partial charge is 0.240 e. The molecule has 0 saturated carbocycles. The average molecular weight is 284 g/mol. The molecule has 0 aliphatic heterocycles. The van der Waals surface area contributed by atoms with Crippen LogP contribution in [0.3, 0.4) is 0 Å². The van der Waals surface area contributed by atoms with E-state index < -0.39 is 10.0 Å². The molecule has 108 valence electrons. The Labute approximate surface area is 116 Å². The molecule has 0 heterocycles. The summed E-state index contributed by atoms with van der Waals surface area (Å²) < 4.78 is 27.2. The van der Waals surface area contributed by atoms with E-state index in [1.54, 1.807) is 12.1 Å². The molecule has 4 nitrogen and oxygen atoms in total. The second-order valence-corrected chi connectivity index (χ2v) is 6.77. The van der Waals surface area contributed by atoms with Gasteiger partial charge in [0.2, 0.25) is 10.0 Å². The fourth-order valence-electron chi connectivity index (χ4n) is 1.67. The Morgan fingerprint density at radius 3 is 2.53 bits per heavy atom. The zero-order valence-corrected chi connectivity index (χ0v) is 12.8. The van der Waals surface area contributed by atoms with Crippen molar-refractivity contribution < 1.29 is 8.42 Å². The van der Waals surface area contributed by atoms with E-state index in [1.807, 2.05) is 26.0 Å². The van der Waals surface area contributed by atoms with Crippen molar-refractivity contribution >= 4 is 10.0 Å². The number of hydrogen-bond donors (Lipinski definition) is 2. The summed E-state index contributed by atoms with van der Waals surface area (Å²) in [6, 6.07) is 7.13. The lowest BCUT2D eigenvalue weighted by atomic mass is 10.2. The summed E-state index contributed by atoms with van der Waals surface area (Å²) in [5.74, 6) is 0.292. The summed E-state index contributed by atoms with van der Waals surface area (Å²) in [5.41, 5.74) is 0.812. The molecule has 0 bridgehead atoms. The topological polar surface area (TPSA) is 58.2 Å². The van der Waals surface area contributed by atoms with Crippen molar-refractivity contribution in [1.82, 2.24) is 10.0 Å². The predicted molar refractivity (Wildman–Crippen MR) is 78.5 cm³/mol. The minimum absolute atomic E-state index is 0.292. The van der Waals surface area contributed by atoms with Crippen LogP contribution in [-0.2, 0) is 16.6 Å². The van der Waals surface area contributed by atoms with E-state index in [-0.39, 0.29) is 0 Å². The van der Waals surface area contributed by atoms with Crippen molar-refractivity contribution in [3.8, 4) is 0 Å². The lowest BCUT2D eigenvalue weighted by molar-refractivity contribution is 0.558. The molecule has 1 rings (SSSR count). The van der Waals surface area contributed by atoms with Gasteiger partial charge in [0.25, 0.3) is 0 Å². The normalized spacial score (nSPS) is 12.0. The zero-order chi connectivity index (χ0) is 14.3. The van der Waals surface area contributed by atoms with Crippen LogP contribution in [0.5, 0.6) is 0 Å². The molecule has 0 spiro atoms. The number of benzene rings is 1. The summed E-state index contributed by atoms with van der Waals surface area (Å²) in [7, 11) is -3.41. The van der Waals surface area contributed by atoms with Crippen molar-refractivity contribution in [3.05, 3.63) is 29.8 Å². The Kier molecular flexibility index (Phi) is 6.48. The standard InChI is InChI=1S/C14H24N2O2S/c1-4-9-15-11-13-7-5-6-8-14(13)19(17,18)16-10-12(2)3/h5-8,12,15-16H,4,9-11H2,1-3H3. The zero-order valence-electron chi connectivity index (χ0n) is 11.9. The molecule has 0 aliphatic rings. The maximum Gasteiger partial charge on any atom is 0.240 e. The Morgan fingerprint density at radius 2 is 1.89 bits per heavy atom. The highest BCUT2D eigenvalue weighted by Crippen LogP contribution is 2.15. The van der Waals surface area contributed by atoms with Crippen molar-refractivity contribution in [3.63, 3.8) is 0 Å². The SMILES string of the molecule is CCCNCc1ccccc1S(=O)(=O)NCC(C)C. The van der Waals surface area contributed by atoms with E-state index in [0.717, 1.165) is 18.5 Å². The van der Waals surface area contributed by atoms with Gasteiger partial charge in [0.15, 0.2) is 0 Å². The van der Waals surface area contributed by atoms with Crippen molar-refractivity contribution in [2.24, 2.45) is 5.92 Å². The predicted octanol–water partition coefficient (Wildman–Crippen LogP) is 2.12. The molecule has 0 radical (unpaired) electrons. The van der Waals surface area contributed by atoms with Gasteiger partial charge in [0, 0.05) is 13.1 Å². The number of sulfonamides is 1. The number of rotatable bonds is 8. The summed E-state index contributed by atoms with van der Waals surface area (Å²) in [5, 5.41) is 3.24. The van der Waals surface area contributed by atoms with Gasteiger partial charge < -0.3 is 5.32 Å². The quantitative estimate of drug-likeness (QED) is 0.719. The Bertz CT molecular complexity index is 484. The van der Waals surface area contributed by atoms with Gasteiger partial charge in [-0.25, -0.2) is 13.1 Å². The third-order valence-electron chi connectivity index (χ3n) is 2.69. The highest BCUT2D eigenvalue weighted by Gasteiger charge is 2.17. The van der Waals surface area contributed by atoms with Crippen LogP contribution in [0.4, 0.5) is 0 Å². The van der Waals surface area contributed by atoms with Gasteiger partial charge >= 0.3 is 0 Å². The molecule has 2 N–H and O–H groups in total. The molecule has 0 fully saturated rings. The third-order valence-corrected chi connectivity index (χ3v) is 4.21. The molecule has 0 amide bonds. The van der Waals surface area contributed by atoms with Gasteiger partial charge in [-0.15, -0.1) is 0 Å². The van der Waals surface area contributed by atoms with Crippen LogP contribution < -0.4 is 10.0 Å². The fourth-order valence-corrected chi connectivity index (χ4v) is 3.12. The number of nitrogens with one attached hydrogen (secondary N) is 2. The van der Waals surface area contributed by atoms with Crippen molar-refractivity contribution in [2.45, 2.75) is 38.6 Å². The van der Waals surface area contributed by atoms with Gasteiger partial charge in [-0.05, 0) is 30.5 Å². The van der Waals surface area contributed by atoms with Crippen LogP contribution in [-0.4, -0.2) is 21.5 Å². The highest BCUT2D eigenvalue weighted by molar-refractivity contribution is 7.89. The van der Waals surface area contributed by atoms with Gasteiger partial charge in [0.05, 0.1) is 4.90 Å². The van der Waals surface area contributed by atoms with Gasteiger partial charge in [-0.1, -0.05) is 39.0 Å². The molecule has 0 aliphatic carbocycles.